The van der Waals surface area contributed by atoms with Gasteiger partial charge in [0.25, 0.3) is 17.4 Å². The van der Waals surface area contributed by atoms with Crippen molar-refractivity contribution in [1.82, 2.24) is 21.0 Å². The van der Waals surface area contributed by atoms with Crippen molar-refractivity contribution in [3.8, 4) is 0 Å². The number of halogens is 1. The van der Waals surface area contributed by atoms with Crippen molar-refractivity contribution in [2.24, 2.45) is 0 Å². The Morgan fingerprint density at radius 3 is 2.47 bits per heavy atom. The highest BCUT2D eigenvalue weighted by atomic mass is 19.1. The molecule has 0 unspecified atom stereocenters. The zero-order chi connectivity index (χ0) is 25.5. The highest BCUT2D eigenvalue weighted by Crippen LogP contribution is 2.18. The van der Waals surface area contributed by atoms with Crippen LogP contribution in [0.3, 0.4) is 0 Å². The first-order valence-corrected chi connectivity index (χ1v) is 11.2. The number of aromatic amines is 1. The number of carbonyl (C=O) groups excluding carboxylic acids is 2. The maximum atomic E-state index is 14.4. The number of nitrogens with one attached hydrogen (secondary N) is 3. The number of aromatic nitrogens is 2. The van der Waals surface area contributed by atoms with Crippen molar-refractivity contribution in [3.63, 3.8) is 0 Å². The molecule has 0 radical (unpaired) electrons. The first-order chi connectivity index (χ1) is 17.4. The Morgan fingerprint density at radius 1 is 1.00 bits per heavy atom. The second-order valence-electron chi connectivity index (χ2n) is 8.09. The van der Waals surface area contributed by atoms with E-state index in [1.165, 1.54) is 23.7 Å². The Labute approximate surface area is 205 Å². The molecular formula is C27H23FN4O4. The van der Waals surface area contributed by atoms with Gasteiger partial charge in [-0.3, -0.25) is 19.6 Å². The molecule has 4 rings (SSSR count). The molecule has 0 fully saturated rings. The molecule has 0 spiro atoms. The maximum absolute atomic E-state index is 14.4. The minimum Gasteiger partial charge on any atom is -0.352 e. The summed E-state index contributed by atoms with van der Waals surface area (Å²) >= 11 is 0. The van der Waals surface area contributed by atoms with Gasteiger partial charge in [-0.25, -0.2) is 15.0 Å². The number of hydroxylamine groups is 1. The van der Waals surface area contributed by atoms with Crippen molar-refractivity contribution in [2.45, 2.75) is 12.8 Å². The van der Waals surface area contributed by atoms with E-state index in [1.54, 1.807) is 42.5 Å². The van der Waals surface area contributed by atoms with Gasteiger partial charge in [-0.1, -0.05) is 48.5 Å². The van der Waals surface area contributed by atoms with Crippen molar-refractivity contribution in [2.75, 3.05) is 6.54 Å². The van der Waals surface area contributed by atoms with E-state index in [9.17, 15) is 18.8 Å². The molecule has 0 saturated heterocycles. The summed E-state index contributed by atoms with van der Waals surface area (Å²) in [4.78, 5) is 35.7. The van der Waals surface area contributed by atoms with Crippen LogP contribution in [-0.2, 0) is 17.6 Å². The fraction of sp³-hybridized carbons (Fsp3) is 0.111. The van der Waals surface area contributed by atoms with E-state index in [2.05, 4.69) is 15.5 Å². The van der Waals surface area contributed by atoms with Crippen LogP contribution < -0.4 is 16.4 Å². The number of carbonyl (C=O) groups is 2. The lowest BCUT2D eigenvalue weighted by Gasteiger charge is -2.09. The predicted octanol–water partition coefficient (Wildman–Crippen LogP) is 3.14. The number of benzene rings is 3. The molecule has 8 nitrogen and oxygen atoms in total. The topological polar surface area (TPSA) is 124 Å². The fourth-order valence-electron chi connectivity index (χ4n) is 3.78. The normalized spacial score (nSPS) is 11.1. The van der Waals surface area contributed by atoms with Gasteiger partial charge in [0.2, 0.25) is 0 Å². The Hall–Kier alpha value is -4.63. The van der Waals surface area contributed by atoms with Crippen LogP contribution in [-0.4, -0.2) is 33.8 Å². The molecule has 9 heteroatoms. The summed E-state index contributed by atoms with van der Waals surface area (Å²) in [5, 5.41) is 19.1. The second-order valence-corrected chi connectivity index (χ2v) is 8.09. The first kappa shape index (κ1) is 24.5. The molecule has 1 heterocycles. The minimum atomic E-state index is -0.626. The molecule has 2 amide bonds. The van der Waals surface area contributed by atoms with E-state index in [-0.39, 0.29) is 11.1 Å². The Balaban J connectivity index is 1.40. The second kappa shape index (κ2) is 11.2. The summed E-state index contributed by atoms with van der Waals surface area (Å²) in [5.41, 5.74) is 4.20. The smallest absolute Gasteiger partial charge is 0.272 e. The van der Waals surface area contributed by atoms with Crippen LogP contribution in [0.15, 0.2) is 77.6 Å². The van der Waals surface area contributed by atoms with E-state index >= 15 is 0 Å². The third-order valence-corrected chi connectivity index (χ3v) is 5.64. The highest BCUT2D eigenvalue weighted by Gasteiger charge is 2.14. The minimum absolute atomic E-state index is 0.0659. The Kier molecular flexibility index (Phi) is 7.62. The molecule has 182 valence electrons. The number of fused-ring (bicyclic) bond motifs is 1. The fourth-order valence-corrected chi connectivity index (χ4v) is 3.78. The average Bonchev–Trinajstić information content (AvgIpc) is 2.90. The zero-order valence-corrected chi connectivity index (χ0v) is 19.1. The van der Waals surface area contributed by atoms with Crippen LogP contribution in [0.25, 0.3) is 16.8 Å². The highest BCUT2D eigenvalue weighted by molar-refractivity contribution is 5.94. The van der Waals surface area contributed by atoms with E-state index in [0.717, 1.165) is 11.1 Å². The summed E-state index contributed by atoms with van der Waals surface area (Å²) in [6, 6.07) is 18.7. The van der Waals surface area contributed by atoms with Gasteiger partial charge in [-0.05, 0) is 47.4 Å². The van der Waals surface area contributed by atoms with E-state index in [4.69, 9.17) is 5.21 Å². The number of nitrogens with zero attached hydrogens (tertiary/aromatic N) is 1. The van der Waals surface area contributed by atoms with Crippen LogP contribution in [0.2, 0.25) is 0 Å². The Morgan fingerprint density at radius 2 is 1.72 bits per heavy atom. The lowest BCUT2D eigenvalue weighted by atomic mass is 10.0. The lowest BCUT2D eigenvalue weighted by molar-refractivity contribution is -0.124. The van der Waals surface area contributed by atoms with Crippen LogP contribution >= 0.6 is 0 Å². The Bertz CT molecular complexity index is 1500. The largest absolute Gasteiger partial charge is 0.352 e. The lowest BCUT2D eigenvalue weighted by Crippen LogP contribution is -2.26. The molecule has 4 aromatic rings. The molecule has 1 aromatic heterocycles. The molecule has 0 aliphatic carbocycles. The predicted molar refractivity (Wildman–Crippen MR) is 133 cm³/mol. The average molecular weight is 487 g/mol. The SMILES string of the molecule is O=C(/C=C/c1ccc(CCNC(=O)c2cc(Cc3n[nH]c(=O)c4ccccc34)ccc2F)cc1)NO. The van der Waals surface area contributed by atoms with Crippen molar-refractivity contribution < 1.29 is 19.2 Å². The summed E-state index contributed by atoms with van der Waals surface area (Å²) < 4.78 is 14.4. The molecule has 36 heavy (non-hydrogen) atoms. The summed E-state index contributed by atoms with van der Waals surface area (Å²) in [6.45, 7) is 0.302. The molecule has 3 aromatic carbocycles. The standard InChI is InChI=1S/C27H23FN4O4/c28-23-11-9-19(16-24-20-3-1-2-4-21(20)27(35)31-30-24)15-22(23)26(34)29-14-13-18-7-5-17(6-8-18)10-12-25(33)32-36/h1-12,15,36H,13-14,16H2,(H,29,34)(H,31,35)(H,32,33)/b12-10+. The van der Waals surface area contributed by atoms with E-state index < -0.39 is 17.6 Å². The molecule has 0 aliphatic heterocycles. The van der Waals surface area contributed by atoms with Crippen molar-refractivity contribution >= 4 is 28.7 Å². The quantitative estimate of drug-likeness (QED) is 0.173. The third-order valence-electron chi connectivity index (χ3n) is 5.64. The van der Waals surface area contributed by atoms with Gasteiger partial charge < -0.3 is 5.32 Å². The van der Waals surface area contributed by atoms with Crippen molar-refractivity contribution in [1.29, 1.82) is 0 Å². The number of hydrogen-bond acceptors (Lipinski definition) is 5. The van der Waals surface area contributed by atoms with Gasteiger partial charge in [0.15, 0.2) is 0 Å². The number of amides is 2. The van der Waals surface area contributed by atoms with Crippen LogP contribution in [0.5, 0.6) is 0 Å². The molecule has 0 aliphatic rings. The molecular weight excluding hydrogens is 463 g/mol. The van der Waals surface area contributed by atoms with Gasteiger partial charge >= 0.3 is 0 Å². The number of rotatable bonds is 8. The summed E-state index contributed by atoms with van der Waals surface area (Å²) in [6.07, 6.45) is 3.60. The van der Waals surface area contributed by atoms with Crippen LogP contribution in [0.4, 0.5) is 4.39 Å². The molecule has 0 saturated carbocycles. The monoisotopic (exact) mass is 486 g/mol. The van der Waals surface area contributed by atoms with Gasteiger partial charge in [-0.15, -0.1) is 0 Å². The van der Waals surface area contributed by atoms with Gasteiger partial charge in [0.05, 0.1) is 16.6 Å². The summed E-state index contributed by atoms with van der Waals surface area (Å²) in [5.74, 6) is -1.77. The summed E-state index contributed by atoms with van der Waals surface area (Å²) in [7, 11) is 0. The van der Waals surface area contributed by atoms with Crippen LogP contribution in [0, 0.1) is 5.82 Å². The van der Waals surface area contributed by atoms with Gasteiger partial charge in [-0.2, -0.15) is 5.10 Å². The van der Waals surface area contributed by atoms with E-state index in [0.29, 0.717) is 41.4 Å². The molecule has 0 bridgehead atoms. The van der Waals surface area contributed by atoms with Crippen LogP contribution in [0.1, 0.15) is 32.7 Å². The molecule has 4 N–H and O–H groups in total. The van der Waals surface area contributed by atoms with Gasteiger partial charge in [0, 0.05) is 24.4 Å². The van der Waals surface area contributed by atoms with E-state index in [1.807, 2.05) is 18.2 Å². The van der Waals surface area contributed by atoms with Crippen molar-refractivity contribution in [3.05, 3.63) is 117 Å². The third kappa shape index (κ3) is 5.89. The zero-order valence-electron chi connectivity index (χ0n) is 19.1. The maximum Gasteiger partial charge on any atom is 0.272 e. The number of hydrogen-bond donors (Lipinski definition) is 4. The molecule has 0 atom stereocenters. The number of H-pyrrole nitrogens is 1. The van der Waals surface area contributed by atoms with Gasteiger partial charge in [0.1, 0.15) is 5.82 Å². The first-order valence-electron chi connectivity index (χ1n) is 11.2.